The molecule has 156 valence electrons. The molecule has 0 bridgehead atoms. The number of ether oxygens (including phenoxy) is 3. The van der Waals surface area contributed by atoms with Crippen LogP contribution in [0.1, 0.15) is 66.4 Å². The second-order valence-corrected chi connectivity index (χ2v) is 9.28. The van der Waals surface area contributed by atoms with Crippen molar-refractivity contribution in [2.75, 3.05) is 0 Å². The topological polar surface area (TPSA) is 73.9 Å². The number of benzene rings is 1. The lowest BCUT2D eigenvalue weighted by molar-refractivity contribution is -0.169. The van der Waals surface area contributed by atoms with Gasteiger partial charge in [0.15, 0.2) is 5.54 Å². The minimum atomic E-state index is -1.26. The molecule has 0 saturated heterocycles. The predicted molar refractivity (Wildman–Crippen MR) is 107 cm³/mol. The van der Waals surface area contributed by atoms with Gasteiger partial charge in [0, 0.05) is 0 Å². The van der Waals surface area contributed by atoms with E-state index < -0.39 is 34.9 Å². The van der Waals surface area contributed by atoms with Crippen molar-refractivity contribution in [2.24, 2.45) is 0 Å². The number of nitrogens with one attached hydrogen (secondary N) is 1. The Kier molecular flexibility index (Phi) is 6.75. The predicted octanol–water partition coefficient (Wildman–Crippen LogP) is 4.36. The minimum absolute atomic E-state index is 0.353. The van der Waals surface area contributed by atoms with Gasteiger partial charge in [-0.3, -0.25) is 0 Å². The maximum atomic E-state index is 13.1. The second kappa shape index (κ2) is 8.52. The fourth-order valence-electron chi connectivity index (χ4n) is 3.25. The maximum Gasteiger partial charge on any atom is 0.408 e. The summed E-state index contributed by atoms with van der Waals surface area (Å²) in [4.78, 5) is 25.6. The van der Waals surface area contributed by atoms with E-state index in [2.05, 4.69) is 5.32 Å². The van der Waals surface area contributed by atoms with Crippen LogP contribution in [0.2, 0.25) is 0 Å². The number of carbonyl (C=O) groups excluding carboxylic acids is 2. The van der Waals surface area contributed by atoms with Crippen molar-refractivity contribution in [1.82, 2.24) is 5.32 Å². The molecule has 1 fully saturated rings. The number of rotatable bonds is 5. The lowest BCUT2D eigenvalue weighted by atomic mass is 9.94. The van der Waals surface area contributed by atoms with E-state index >= 15 is 0 Å². The summed E-state index contributed by atoms with van der Waals surface area (Å²) in [6.07, 6.45) is 0.709. The molecule has 1 amide bonds. The van der Waals surface area contributed by atoms with Crippen LogP contribution in [0.3, 0.4) is 0 Å². The molecule has 6 nitrogen and oxygen atoms in total. The first kappa shape index (κ1) is 22.2. The maximum absolute atomic E-state index is 13.1. The summed E-state index contributed by atoms with van der Waals surface area (Å²) in [5.74, 6) is -0.485. The molecule has 1 aromatic carbocycles. The molecule has 1 aromatic rings. The molecule has 0 spiro atoms. The minimum Gasteiger partial charge on any atom is -0.458 e. The van der Waals surface area contributed by atoms with E-state index in [1.165, 1.54) is 0 Å². The highest BCUT2D eigenvalue weighted by molar-refractivity contribution is 5.87. The van der Waals surface area contributed by atoms with Crippen molar-refractivity contribution in [3.8, 4) is 0 Å². The summed E-state index contributed by atoms with van der Waals surface area (Å²) in [5.41, 5.74) is -1.60. The van der Waals surface area contributed by atoms with E-state index in [9.17, 15) is 9.59 Å². The van der Waals surface area contributed by atoms with Gasteiger partial charge < -0.3 is 19.5 Å². The first-order valence-electron chi connectivity index (χ1n) is 9.81. The van der Waals surface area contributed by atoms with Gasteiger partial charge in [-0.2, -0.15) is 0 Å². The molecule has 1 N–H and O–H groups in total. The van der Waals surface area contributed by atoms with Crippen LogP contribution >= 0.6 is 0 Å². The fraction of sp³-hybridized carbons (Fsp3) is 0.636. The summed E-state index contributed by atoms with van der Waals surface area (Å²) in [6.45, 7) is 11.1. The van der Waals surface area contributed by atoms with Gasteiger partial charge in [-0.1, -0.05) is 30.3 Å². The van der Waals surface area contributed by atoms with Crippen LogP contribution in [-0.4, -0.2) is 34.9 Å². The van der Waals surface area contributed by atoms with E-state index in [-0.39, 0.29) is 0 Å². The van der Waals surface area contributed by atoms with Crippen LogP contribution in [-0.2, 0) is 25.6 Å². The molecule has 1 saturated carbocycles. The zero-order chi connectivity index (χ0) is 21.0. The average molecular weight is 392 g/mol. The van der Waals surface area contributed by atoms with Gasteiger partial charge in [0.05, 0.1) is 12.7 Å². The average Bonchev–Trinajstić information content (AvgIpc) is 2.94. The van der Waals surface area contributed by atoms with Crippen LogP contribution < -0.4 is 5.32 Å². The highest BCUT2D eigenvalue weighted by Crippen LogP contribution is 2.36. The molecule has 2 unspecified atom stereocenters. The summed E-state index contributed by atoms with van der Waals surface area (Å²) in [7, 11) is 0. The van der Waals surface area contributed by atoms with Gasteiger partial charge in [0.1, 0.15) is 11.2 Å². The standard InChI is InChI=1S/C22H33NO5/c1-20(2,3)27-18(24)22(23-19(25)28-21(4,5)6)14-10-13-17(22)26-15-16-11-8-7-9-12-16/h7-9,11-12,17H,10,13-15H2,1-6H3,(H,23,25). The van der Waals surface area contributed by atoms with Crippen molar-refractivity contribution >= 4 is 12.1 Å². The SMILES string of the molecule is CC(C)(C)OC(=O)NC1(C(=O)OC(C)(C)C)CCCC1OCc1ccccc1. The van der Waals surface area contributed by atoms with Crippen LogP contribution in [0, 0.1) is 0 Å². The third-order valence-corrected chi connectivity index (χ3v) is 4.37. The van der Waals surface area contributed by atoms with E-state index in [4.69, 9.17) is 14.2 Å². The Morgan fingerprint density at radius 2 is 1.64 bits per heavy atom. The summed E-state index contributed by atoms with van der Waals surface area (Å²) < 4.78 is 17.2. The highest BCUT2D eigenvalue weighted by atomic mass is 16.6. The number of hydrogen-bond acceptors (Lipinski definition) is 5. The molecule has 1 aliphatic rings. The van der Waals surface area contributed by atoms with Crippen LogP contribution in [0.15, 0.2) is 30.3 Å². The Morgan fingerprint density at radius 1 is 1.04 bits per heavy atom. The van der Waals surface area contributed by atoms with Gasteiger partial charge in [-0.25, -0.2) is 9.59 Å². The second-order valence-electron chi connectivity index (χ2n) is 9.28. The Morgan fingerprint density at radius 3 is 2.21 bits per heavy atom. The molecule has 2 atom stereocenters. The lowest BCUT2D eigenvalue weighted by Crippen LogP contribution is -2.62. The quantitative estimate of drug-likeness (QED) is 0.755. The molecule has 0 radical (unpaired) electrons. The summed E-state index contributed by atoms with van der Waals surface area (Å²) in [5, 5.41) is 2.80. The van der Waals surface area contributed by atoms with E-state index in [1.807, 2.05) is 30.3 Å². The lowest BCUT2D eigenvalue weighted by Gasteiger charge is -2.36. The molecule has 0 aromatic heterocycles. The third-order valence-electron chi connectivity index (χ3n) is 4.37. The van der Waals surface area contributed by atoms with Crippen molar-refractivity contribution in [3.63, 3.8) is 0 Å². The fourth-order valence-corrected chi connectivity index (χ4v) is 3.25. The first-order chi connectivity index (χ1) is 12.9. The van der Waals surface area contributed by atoms with Gasteiger partial charge >= 0.3 is 12.1 Å². The molecule has 6 heteroatoms. The number of amides is 1. The molecular formula is C22H33NO5. The van der Waals surface area contributed by atoms with Crippen molar-refractivity contribution in [3.05, 3.63) is 35.9 Å². The first-order valence-corrected chi connectivity index (χ1v) is 9.81. The Bertz CT molecular complexity index is 674. The molecular weight excluding hydrogens is 358 g/mol. The van der Waals surface area contributed by atoms with Crippen molar-refractivity contribution in [2.45, 2.75) is 90.3 Å². The largest absolute Gasteiger partial charge is 0.458 e. The van der Waals surface area contributed by atoms with Crippen LogP contribution in [0.5, 0.6) is 0 Å². The number of alkyl carbamates (subject to hydrolysis) is 1. The number of hydrogen-bond donors (Lipinski definition) is 1. The molecule has 0 aliphatic heterocycles. The zero-order valence-corrected chi connectivity index (χ0v) is 17.8. The smallest absolute Gasteiger partial charge is 0.408 e. The molecule has 1 aliphatic carbocycles. The Labute approximate surface area is 167 Å². The van der Waals surface area contributed by atoms with Crippen LogP contribution in [0.4, 0.5) is 4.79 Å². The molecule has 2 rings (SSSR count). The van der Waals surface area contributed by atoms with Gasteiger partial charge in [-0.15, -0.1) is 0 Å². The van der Waals surface area contributed by atoms with E-state index in [0.29, 0.717) is 19.4 Å². The van der Waals surface area contributed by atoms with Gasteiger partial charge in [-0.05, 0) is 66.4 Å². The van der Waals surface area contributed by atoms with E-state index in [0.717, 1.165) is 12.0 Å². The summed E-state index contributed by atoms with van der Waals surface area (Å²) in [6, 6.07) is 9.74. The zero-order valence-electron chi connectivity index (χ0n) is 17.8. The van der Waals surface area contributed by atoms with E-state index in [1.54, 1.807) is 41.5 Å². The van der Waals surface area contributed by atoms with Crippen molar-refractivity contribution in [1.29, 1.82) is 0 Å². The van der Waals surface area contributed by atoms with Gasteiger partial charge in [0.25, 0.3) is 0 Å². The summed E-state index contributed by atoms with van der Waals surface area (Å²) >= 11 is 0. The Balaban J connectivity index is 2.22. The monoisotopic (exact) mass is 391 g/mol. The third kappa shape index (κ3) is 6.23. The number of carbonyl (C=O) groups is 2. The van der Waals surface area contributed by atoms with Gasteiger partial charge in [0.2, 0.25) is 0 Å². The molecule has 28 heavy (non-hydrogen) atoms. The van der Waals surface area contributed by atoms with Crippen molar-refractivity contribution < 1.29 is 23.8 Å². The Hall–Kier alpha value is -2.08. The van der Waals surface area contributed by atoms with Crippen LogP contribution in [0.25, 0.3) is 0 Å². The number of esters is 1. The highest BCUT2D eigenvalue weighted by Gasteiger charge is 2.54. The normalized spacial score (nSPS) is 22.6. The molecule has 0 heterocycles.